The van der Waals surface area contributed by atoms with Crippen LogP contribution in [0.4, 0.5) is 4.79 Å². The molecule has 1 aliphatic heterocycles. The van der Waals surface area contributed by atoms with E-state index in [1.54, 1.807) is 0 Å². The Morgan fingerprint density at radius 2 is 2.33 bits per heavy atom. The molecule has 6 nitrogen and oxygen atoms in total. The number of amides is 2. The van der Waals surface area contributed by atoms with E-state index in [0.29, 0.717) is 12.4 Å². The summed E-state index contributed by atoms with van der Waals surface area (Å²) >= 11 is 0. The molecule has 2 amide bonds. The van der Waals surface area contributed by atoms with Gasteiger partial charge in [-0.1, -0.05) is 23.7 Å². The van der Waals surface area contributed by atoms with Gasteiger partial charge in [0.1, 0.15) is 0 Å². The van der Waals surface area contributed by atoms with Crippen molar-refractivity contribution in [3.05, 3.63) is 23.4 Å². The second kappa shape index (κ2) is 8.31. The van der Waals surface area contributed by atoms with E-state index in [1.165, 1.54) is 31.3 Å². The molecule has 3 rings (SSSR count). The zero-order valence-electron chi connectivity index (χ0n) is 14.6. The van der Waals surface area contributed by atoms with Gasteiger partial charge in [-0.05, 0) is 44.9 Å². The number of likely N-dealkylation sites (tertiary alicyclic amines) is 1. The Kier molecular flexibility index (Phi) is 5.88. The second-order valence-corrected chi connectivity index (χ2v) is 6.78. The highest BCUT2D eigenvalue weighted by atomic mass is 16.5. The highest BCUT2D eigenvalue weighted by molar-refractivity contribution is 5.74. The SMILES string of the molecule is CCc1nc([C@H]2CCCN(C(=O)NCCC3=CCCCC3)C2)no1. The zero-order chi connectivity index (χ0) is 16.8. The molecule has 0 radical (unpaired) electrons. The van der Waals surface area contributed by atoms with E-state index < -0.39 is 0 Å². The third-order valence-corrected chi connectivity index (χ3v) is 4.97. The minimum Gasteiger partial charge on any atom is -0.339 e. The standard InChI is InChI=1S/C18H28N4O2/c1-2-16-20-17(21-24-16)15-9-6-12-22(13-15)18(23)19-11-10-14-7-4-3-5-8-14/h7,15H,2-6,8-13H2,1H3,(H,19,23)/t15-/m0/s1. The minimum absolute atomic E-state index is 0.0373. The van der Waals surface area contributed by atoms with Crippen molar-refractivity contribution in [2.45, 2.75) is 64.2 Å². The second-order valence-electron chi connectivity index (χ2n) is 6.78. The van der Waals surface area contributed by atoms with Crippen LogP contribution >= 0.6 is 0 Å². The number of aromatic nitrogens is 2. The van der Waals surface area contributed by atoms with Crippen LogP contribution in [-0.4, -0.2) is 40.7 Å². The summed E-state index contributed by atoms with van der Waals surface area (Å²) < 4.78 is 5.21. The maximum atomic E-state index is 12.4. The molecule has 1 aliphatic carbocycles. The third-order valence-electron chi connectivity index (χ3n) is 4.97. The van der Waals surface area contributed by atoms with Crippen LogP contribution in [0, 0.1) is 0 Å². The van der Waals surface area contributed by atoms with E-state index in [0.717, 1.165) is 44.6 Å². The topological polar surface area (TPSA) is 71.3 Å². The molecular weight excluding hydrogens is 304 g/mol. The van der Waals surface area contributed by atoms with E-state index in [1.807, 2.05) is 11.8 Å². The van der Waals surface area contributed by atoms with Crippen LogP contribution < -0.4 is 5.32 Å². The van der Waals surface area contributed by atoms with Gasteiger partial charge in [0.25, 0.3) is 0 Å². The van der Waals surface area contributed by atoms with Crippen LogP contribution in [0.25, 0.3) is 0 Å². The highest BCUT2D eigenvalue weighted by Gasteiger charge is 2.27. The van der Waals surface area contributed by atoms with E-state index in [9.17, 15) is 4.79 Å². The fourth-order valence-electron chi connectivity index (χ4n) is 3.52. The summed E-state index contributed by atoms with van der Waals surface area (Å²) in [6.45, 7) is 4.22. The molecule has 0 aromatic carbocycles. The molecule has 1 atom stereocenters. The number of rotatable bonds is 5. The number of nitrogens with zero attached hydrogens (tertiary/aromatic N) is 3. The summed E-state index contributed by atoms with van der Waals surface area (Å²) in [4.78, 5) is 18.7. The molecule has 1 fully saturated rings. The lowest BCUT2D eigenvalue weighted by Crippen LogP contribution is -2.45. The first-order valence-corrected chi connectivity index (χ1v) is 9.29. The van der Waals surface area contributed by atoms with Gasteiger partial charge in [0.15, 0.2) is 5.82 Å². The number of hydrogen-bond donors (Lipinski definition) is 1. The summed E-state index contributed by atoms with van der Waals surface area (Å²) in [5.74, 6) is 1.61. The number of carbonyl (C=O) groups is 1. The van der Waals surface area contributed by atoms with Crippen LogP contribution in [0.2, 0.25) is 0 Å². The molecule has 1 aromatic rings. The normalized spacial score (nSPS) is 21.5. The van der Waals surface area contributed by atoms with Crippen molar-refractivity contribution in [1.29, 1.82) is 0 Å². The number of allylic oxidation sites excluding steroid dienone is 1. The predicted molar refractivity (Wildman–Crippen MR) is 91.8 cm³/mol. The fourth-order valence-corrected chi connectivity index (χ4v) is 3.52. The third kappa shape index (κ3) is 4.36. The molecule has 1 aromatic heterocycles. The van der Waals surface area contributed by atoms with Gasteiger partial charge in [0.05, 0.1) is 0 Å². The largest absolute Gasteiger partial charge is 0.339 e. The molecular formula is C18H28N4O2. The maximum Gasteiger partial charge on any atom is 0.317 e. The quantitative estimate of drug-likeness (QED) is 0.839. The van der Waals surface area contributed by atoms with E-state index in [4.69, 9.17) is 4.52 Å². The number of piperidine rings is 1. The van der Waals surface area contributed by atoms with Gasteiger partial charge in [0.2, 0.25) is 5.89 Å². The van der Waals surface area contributed by atoms with Crippen molar-refractivity contribution < 1.29 is 9.32 Å². The van der Waals surface area contributed by atoms with Gasteiger partial charge < -0.3 is 14.7 Å². The summed E-state index contributed by atoms with van der Waals surface area (Å²) in [7, 11) is 0. The predicted octanol–water partition coefficient (Wildman–Crippen LogP) is 3.41. The van der Waals surface area contributed by atoms with Gasteiger partial charge in [0, 0.05) is 32.0 Å². The molecule has 1 N–H and O–H groups in total. The summed E-state index contributed by atoms with van der Waals surface area (Å²) in [6, 6.07) is 0.0373. The summed E-state index contributed by atoms with van der Waals surface area (Å²) in [5.41, 5.74) is 1.50. The van der Waals surface area contributed by atoms with Crippen molar-refractivity contribution in [2.24, 2.45) is 0 Å². The Labute approximate surface area is 143 Å². The van der Waals surface area contributed by atoms with Crippen molar-refractivity contribution in [1.82, 2.24) is 20.4 Å². The van der Waals surface area contributed by atoms with Gasteiger partial charge in [-0.25, -0.2) is 4.79 Å². The van der Waals surface area contributed by atoms with Gasteiger partial charge in [-0.3, -0.25) is 0 Å². The molecule has 24 heavy (non-hydrogen) atoms. The summed E-state index contributed by atoms with van der Waals surface area (Å²) in [6.07, 6.45) is 11.1. The molecule has 1 saturated heterocycles. The van der Waals surface area contributed by atoms with Crippen LogP contribution in [0.1, 0.15) is 69.5 Å². The maximum absolute atomic E-state index is 12.4. The fraction of sp³-hybridized carbons (Fsp3) is 0.722. The lowest BCUT2D eigenvalue weighted by molar-refractivity contribution is 0.178. The lowest BCUT2D eigenvalue weighted by atomic mass is 9.97. The summed E-state index contributed by atoms with van der Waals surface area (Å²) in [5, 5.41) is 7.15. The molecule has 132 valence electrons. The Hall–Kier alpha value is -1.85. The monoisotopic (exact) mass is 332 g/mol. The molecule has 2 heterocycles. The Morgan fingerprint density at radius 1 is 1.42 bits per heavy atom. The number of urea groups is 1. The van der Waals surface area contributed by atoms with Gasteiger partial charge >= 0.3 is 6.03 Å². The molecule has 0 unspecified atom stereocenters. The van der Waals surface area contributed by atoms with Gasteiger partial charge in [-0.15, -0.1) is 0 Å². The van der Waals surface area contributed by atoms with Crippen LogP contribution in [0.15, 0.2) is 16.2 Å². The Morgan fingerprint density at radius 3 is 3.08 bits per heavy atom. The van der Waals surface area contributed by atoms with E-state index >= 15 is 0 Å². The van der Waals surface area contributed by atoms with E-state index in [2.05, 4.69) is 21.5 Å². The molecule has 2 aliphatic rings. The van der Waals surface area contributed by atoms with Crippen LogP contribution in [0.5, 0.6) is 0 Å². The van der Waals surface area contributed by atoms with Crippen molar-refractivity contribution >= 4 is 6.03 Å². The molecule has 0 spiro atoms. The van der Waals surface area contributed by atoms with Crippen LogP contribution in [0.3, 0.4) is 0 Å². The van der Waals surface area contributed by atoms with Crippen molar-refractivity contribution in [3.63, 3.8) is 0 Å². The zero-order valence-corrected chi connectivity index (χ0v) is 14.6. The average Bonchev–Trinajstić information content (AvgIpc) is 3.12. The first kappa shape index (κ1) is 17.0. The first-order valence-electron chi connectivity index (χ1n) is 9.29. The molecule has 6 heteroatoms. The number of hydrogen-bond acceptors (Lipinski definition) is 4. The van der Waals surface area contributed by atoms with E-state index in [-0.39, 0.29) is 11.9 Å². The Balaban J connectivity index is 1.46. The van der Waals surface area contributed by atoms with Crippen molar-refractivity contribution in [3.8, 4) is 0 Å². The van der Waals surface area contributed by atoms with Crippen molar-refractivity contribution in [2.75, 3.05) is 19.6 Å². The Bertz CT molecular complexity index is 581. The van der Waals surface area contributed by atoms with Crippen LogP contribution in [-0.2, 0) is 6.42 Å². The number of carbonyl (C=O) groups excluding carboxylic acids is 1. The number of nitrogens with one attached hydrogen (secondary N) is 1. The van der Waals surface area contributed by atoms with Gasteiger partial charge in [-0.2, -0.15) is 4.98 Å². The lowest BCUT2D eigenvalue weighted by Gasteiger charge is -2.31. The minimum atomic E-state index is 0.0373. The average molecular weight is 332 g/mol. The first-order chi connectivity index (χ1) is 11.8. The molecule has 0 saturated carbocycles. The smallest absolute Gasteiger partial charge is 0.317 e. The molecule has 0 bridgehead atoms. The highest BCUT2D eigenvalue weighted by Crippen LogP contribution is 2.25. The number of aryl methyl sites for hydroxylation is 1.